The predicted molar refractivity (Wildman–Crippen MR) is 106 cm³/mol. The van der Waals surface area contributed by atoms with E-state index in [1.54, 1.807) is 0 Å². The normalized spacial score (nSPS) is 12.2. The maximum Gasteiger partial charge on any atom is 0.222 e. The number of amides is 1. The lowest BCUT2D eigenvalue weighted by Gasteiger charge is -2.19. The fourth-order valence-corrected chi connectivity index (χ4v) is 4.99. The standard InChI is InChI=1S/C22H16N2OS/c1-13(25)23-14-10-11-15-16-7-5-9-20-21(16)22(24(2)18(15)12-14)17-6-3-4-8-19(17)26-20/h3-12H,1-2H3/p+1. The third kappa shape index (κ3) is 2.15. The number of anilines is 1. The molecule has 0 atom stereocenters. The Kier molecular flexibility index (Phi) is 3.31. The van der Waals surface area contributed by atoms with Crippen molar-refractivity contribution in [2.75, 3.05) is 5.32 Å². The Bertz CT molecular complexity index is 1230. The Hall–Kier alpha value is -2.85. The van der Waals surface area contributed by atoms with Crippen LogP contribution in [0.5, 0.6) is 0 Å². The summed E-state index contributed by atoms with van der Waals surface area (Å²) >= 11 is 1.83. The van der Waals surface area contributed by atoms with Crippen LogP contribution in [0.25, 0.3) is 32.9 Å². The molecule has 2 heterocycles. The number of aryl methyl sites for hydroxylation is 1. The summed E-state index contributed by atoms with van der Waals surface area (Å²) < 4.78 is 2.25. The van der Waals surface area contributed by atoms with E-state index in [9.17, 15) is 4.79 Å². The highest BCUT2D eigenvalue weighted by molar-refractivity contribution is 7.99. The van der Waals surface area contributed by atoms with E-state index in [2.05, 4.69) is 71.5 Å². The van der Waals surface area contributed by atoms with Crippen LogP contribution in [0.15, 0.2) is 70.5 Å². The molecule has 5 rings (SSSR count). The second-order valence-corrected chi connectivity index (χ2v) is 7.68. The molecule has 1 aliphatic rings. The Labute approximate surface area is 155 Å². The van der Waals surface area contributed by atoms with Crippen LogP contribution in [-0.2, 0) is 11.8 Å². The van der Waals surface area contributed by atoms with Crippen LogP contribution < -0.4 is 9.88 Å². The van der Waals surface area contributed by atoms with Crippen LogP contribution in [0.2, 0.25) is 0 Å². The molecule has 0 saturated heterocycles. The van der Waals surface area contributed by atoms with E-state index in [-0.39, 0.29) is 5.91 Å². The molecule has 4 aromatic rings. The minimum absolute atomic E-state index is 0.0573. The number of fused-ring (bicyclic) bond motifs is 4. The third-order valence-corrected chi connectivity index (χ3v) is 6.07. The summed E-state index contributed by atoms with van der Waals surface area (Å²) in [5.74, 6) is -0.0573. The Morgan fingerprint density at radius 2 is 1.77 bits per heavy atom. The molecule has 4 heteroatoms. The van der Waals surface area contributed by atoms with Crippen molar-refractivity contribution in [3.05, 3.63) is 60.7 Å². The van der Waals surface area contributed by atoms with Gasteiger partial charge in [-0.15, -0.1) is 0 Å². The summed E-state index contributed by atoms with van der Waals surface area (Å²) in [6.45, 7) is 1.54. The van der Waals surface area contributed by atoms with Crippen LogP contribution in [0.3, 0.4) is 0 Å². The maximum absolute atomic E-state index is 11.5. The number of nitrogens with one attached hydrogen (secondary N) is 1. The molecule has 0 spiro atoms. The predicted octanol–water partition coefficient (Wildman–Crippen LogP) is 4.91. The van der Waals surface area contributed by atoms with E-state index in [1.807, 2.05) is 17.8 Å². The topological polar surface area (TPSA) is 33.0 Å². The Morgan fingerprint density at radius 1 is 0.962 bits per heavy atom. The summed E-state index contributed by atoms with van der Waals surface area (Å²) in [7, 11) is 2.11. The fourth-order valence-electron chi connectivity index (χ4n) is 3.88. The van der Waals surface area contributed by atoms with Gasteiger partial charge in [0.15, 0.2) is 0 Å². The van der Waals surface area contributed by atoms with Crippen molar-refractivity contribution in [3.8, 4) is 11.3 Å². The monoisotopic (exact) mass is 357 g/mol. The van der Waals surface area contributed by atoms with Crippen LogP contribution in [0, 0.1) is 0 Å². The van der Waals surface area contributed by atoms with Crippen molar-refractivity contribution >= 4 is 45.0 Å². The van der Waals surface area contributed by atoms with Gasteiger partial charge in [-0.25, -0.2) is 0 Å². The molecule has 0 unspecified atom stereocenters. The molecule has 26 heavy (non-hydrogen) atoms. The van der Waals surface area contributed by atoms with Gasteiger partial charge in [0.25, 0.3) is 0 Å². The van der Waals surface area contributed by atoms with Crippen molar-refractivity contribution in [2.24, 2.45) is 7.05 Å². The van der Waals surface area contributed by atoms with Crippen molar-refractivity contribution < 1.29 is 9.36 Å². The summed E-state index contributed by atoms with van der Waals surface area (Å²) in [6, 6.07) is 21.2. The van der Waals surface area contributed by atoms with Crippen molar-refractivity contribution in [1.29, 1.82) is 0 Å². The molecular weight excluding hydrogens is 340 g/mol. The number of aromatic nitrogens is 1. The summed E-state index contributed by atoms with van der Waals surface area (Å²) in [6.07, 6.45) is 0. The number of hydrogen-bond acceptors (Lipinski definition) is 2. The number of hydrogen-bond donors (Lipinski definition) is 1. The van der Waals surface area contributed by atoms with E-state index in [1.165, 1.54) is 44.1 Å². The second-order valence-electron chi connectivity index (χ2n) is 6.60. The number of pyridine rings is 1. The van der Waals surface area contributed by atoms with Gasteiger partial charge in [-0.3, -0.25) is 4.79 Å². The highest BCUT2D eigenvalue weighted by atomic mass is 32.2. The molecule has 0 fully saturated rings. The molecule has 1 amide bonds. The molecule has 0 aliphatic carbocycles. The molecule has 3 nitrogen and oxygen atoms in total. The first-order valence-corrected chi connectivity index (χ1v) is 9.38. The molecule has 1 N–H and O–H groups in total. The zero-order valence-electron chi connectivity index (χ0n) is 14.5. The summed E-state index contributed by atoms with van der Waals surface area (Å²) in [5, 5.41) is 6.65. The van der Waals surface area contributed by atoms with Gasteiger partial charge in [-0.1, -0.05) is 36.0 Å². The number of carbonyl (C=O) groups excluding carboxylic acids is 1. The fraction of sp³-hybridized carbons (Fsp3) is 0.0909. The lowest BCUT2D eigenvalue weighted by atomic mass is 9.98. The minimum Gasteiger partial charge on any atom is -0.326 e. The quantitative estimate of drug-likeness (QED) is 0.342. The first-order valence-electron chi connectivity index (χ1n) is 8.57. The van der Waals surface area contributed by atoms with Crippen molar-refractivity contribution in [3.63, 3.8) is 0 Å². The van der Waals surface area contributed by atoms with Crippen LogP contribution >= 0.6 is 11.8 Å². The highest BCUT2D eigenvalue weighted by Gasteiger charge is 2.28. The Morgan fingerprint density at radius 3 is 2.62 bits per heavy atom. The maximum atomic E-state index is 11.5. The smallest absolute Gasteiger partial charge is 0.222 e. The average molecular weight is 357 g/mol. The molecular formula is C22H17N2OS+. The molecule has 0 bridgehead atoms. The van der Waals surface area contributed by atoms with Gasteiger partial charge in [0.2, 0.25) is 17.1 Å². The van der Waals surface area contributed by atoms with Gasteiger partial charge in [0.05, 0.1) is 16.3 Å². The summed E-state index contributed by atoms with van der Waals surface area (Å²) in [5.41, 5.74) is 4.42. The molecule has 1 aliphatic heterocycles. The van der Waals surface area contributed by atoms with Crippen molar-refractivity contribution in [2.45, 2.75) is 16.7 Å². The van der Waals surface area contributed by atoms with Crippen LogP contribution in [-0.4, -0.2) is 5.91 Å². The van der Waals surface area contributed by atoms with Gasteiger partial charge in [0, 0.05) is 33.9 Å². The zero-order valence-corrected chi connectivity index (χ0v) is 15.4. The van der Waals surface area contributed by atoms with Gasteiger partial charge < -0.3 is 5.32 Å². The largest absolute Gasteiger partial charge is 0.326 e. The minimum atomic E-state index is -0.0573. The van der Waals surface area contributed by atoms with E-state index >= 15 is 0 Å². The molecule has 3 aromatic carbocycles. The first-order chi connectivity index (χ1) is 12.6. The van der Waals surface area contributed by atoms with E-state index in [4.69, 9.17) is 0 Å². The van der Waals surface area contributed by atoms with Gasteiger partial charge in [-0.2, -0.15) is 4.57 Å². The Balaban J connectivity index is 1.95. The van der Waals surface area contributed by atoms with E-state index < -0.39 is 0 Å². The molecule has 0 saturated carbocycles. The van der Waals surface area contributed by atoms with E-state index in [0.717, 1.165) is 11.2 Å². The summed E-state index contributed by atoms with van der Waals surface area (Å²) in [4.78, 5) is 14.0. The van der Waals surface area contributed by atoms with Crippen LogP contribution in [0.4, 0.5) is 5.69 Å². The number of benzene rings is 3. The highest BCUT2D eigenvalue weighted by Crippen LogP contribution is 2.47. The molecule has 1 aromatic heterocycles. The van der Waals surface area contributed by atoms with Gasteiger partial charge >= 0.3 is 0 Å². The van der Waals surface area contributed by atoms with Crippen LogP contribution in [0.1, 0.15) is 6.92 Å². The number of nitrogens with zero attached hydrogens (tertiary/aromatic N) is 1. The van der Waals surface area contributed by atoms with Crippen molar-refractivity contribution in [1.82, 2.24) is 0 Å². The number of rotatable bonds is 1. The third-order valence-electron chi connectivity index (χ3n) is 4.93. The lowest BCUT2D eigenvalue weighted by molar-refractivity contribution is -0.632. The SMILES string of the molecule is CC(=O)Nc1ccc2c3cccc4c3c([n+](C)c2c1)-c1ccccc1S4. The first kappa shape index (κ1) is 15.4. The van der Waals surface area contributed by atoms with Gasteiger partial charge in [-0.05, 0) is 30.3 Å². The molecule has 0 radical (unpaired) electrons. The van der Waals surface area contributed by atoms with Gasteiger partial charge in [0.1, 0.15) is 7.05 Å². The second kappa shape index (κ2) is 5.58. The van der Waals surface area contributed by atoms with E-state index in [0.29, 0.717) is 0 Å². The lowest BCUT2D eigenvalue weighted by Crippen LogP contribution is -2.33. The number of carbonyl (C=O) groups is 1. The average Bonchev–Trinajstić information content (AvgIpc) is 2.64. The molecule has 126 valence electrons. The zero-order chi connectivity index (χ0) is 17.8.